The van der Waals surface area contributed by atoms with Gasteiger partial charge >= 0.3 is 6.09 Å². The predicted molar refractivity (Wildman–Crippen MR) is 198 cm³/mol. The van der Waals surface area contributed by atoms with E-state index in [1.54, 1.807) is 56.8 Å². The fraction of sp³-hybridized carbons (Fsp3) is 0.541. The molecule has 0 aliphatic heterocycles. The topological polar surface area (TPSA) is 175 Å². The highest BCUT2D eigenvalue weighted by Gasteiger charge is 2.31. The van der Waals surface area contributed by atoms with Crippen molar-refractivity contribution in [1.82, 2.24) is 26.2 Å². The fourth-order valence-corrected chi connectivity index (χ4v) is 5.21. The van der Waals surface area contributed by atoms with Crippen LogP contribution >= 0.6 is 11.8 Å². The molecule has 2 aromatic carbocycles. The molecule has 0 unspecified atom stereocenters. The number of hydrogen-bond donors (Lipinski definition) is 5. The van der Waals surface area contributed by atoms with Crippen molar-refractivity contribution >= 4 is 41.5 Å². The maximum absolute atomic E-state index is 13.5. The number of amides is 5. The fourth-order valence-electron chi connectivity index (χ4n) is 4.78. The first-order valence-corrected chi connectivity index (χ1v) is 18.3. The van der Waals surface area contributed by atoms with Gasteiger partial charge in [0, 0.05) is 26.4 Å². The molecule has 5 amide bonds. The lowest BCUT2D eigenvalue weighted by Crippen LogP contribution is -2.57. The number of likely N-dealkylation sites (N-methyl/N-ethyl adjacent to an activating group) is 1. The zero-order chi connectivity index (χ0) is 38.2. The molecule has 0 spiro atoms. The Morgan fingerprint density at radius 1 is 0.784 bits per heavy atom. The van der Waals surface area contributed by atoms with Crippen LogP contribution in [0.3, 0.4) is 0 Å². The number of nitrogens with zero attached hydrogens (tertiary/aromatic N) is 1. The lowest BCUT2D eigenvalue weighted by atomic mass is 10.0. The van der Waals surface area contributed by atoms with E-state index in [9.17, 15) is 29.1 Å². The maximum Gasteiger partial charge on any atom is 0.408 e. The van der Waals surface area contributed by atoms with E-state index in [1.807, 2.05) is 57.4 Å². The van der Waals surface area contributed by atoms with E-state index in [-0.39, 0.29) is 18.7 Å². The van der Waals surface area contributed by atoms with Crippen LogP contribution in [0, 0.1) is 0 Å². The number of hydrogen-bond acceptors (Lipinski definition) is 9. The van der Waals surface area contributed by atoms with Crippen molar-refractivity contribution in [2.24, 2.45) is 0 Å². The van der Waals surface area contributed by atoms with Crippen LogP contribution in [0.5, 0.6) is 5.75 Å². The van der Waals surface area contributed by atoms with E-state index >= 15 is 0 Å². The van der Waals surface area contributed by atoms with Gasteiger partial charge in [0.1, 0.15) is 35.1 Å². The van der Waals surface area contributed by atoms with Gasteiger partial charge in [-0.15, -0.1) is 0 Å². The molecule has 0 saturated heterocycles. The van der Waals surface area contributed by atoms with Gasteiger partial charge in [0.2, 0.25) is 23.6 Å². The Labute approximate surface area is 306 Å². The zero-order valence-electron chi connectivity index (χ0n) is 31.0. The molecule has 2 rings (SSSR count). The Kier molecular flexibility index (Phi) is 17.3. The van der Waals surface area contributed by atoms with Crippen molar-refractivity contribution in [3.63, 3.8) is 0 Å². The molecule has 282 valence electrons. The molecule has 0 fully saturated rings. The average molecular weight is 730 g/mol. The summed E-state index contributed by atoms with van der Waals surface area (Å²) in [4.78, 5) is 67.0. The summed E-state index contributed by atoms with van der Waals surface area (Å²) in [5, 5.41) is 20.4. The first kappa shape index (κ1) is 42.9. The SMILES string of the molecule is CSCCCNC(=O)[C@H](Cc1ccccc1)N(C)C(=O)CNC(=O)[C@@H](CO)NC(=O)[C@H](Cc1ccc(OC(C)(C)C)cc1)NC(=O)OC(C)(C)C. The Morgan fingerprint density at radius 2 is 1.41 bits per heavy atom. The van der Waals surface area contributed by atoms with Crippen LogP contribution in [0.1, 0.15) is 59.1 Å². The van der Waals surface area contributed by atoms with Crippen molar-refractivity contribution in [3.8, 4) is 5.75 Å². The molecule has 0 bridgehead atoms. The first-order valence-electron chi connectivity index (χ1n) is 16.9. The quantitative estimate of drug-likeness (QED) is 0.145. The number of carbonyl (C=O) groups excluding carboxylic acids is 5. The summed E-state index contributed by atoms with van der Waals surface area (Å²) in [5.41, 5.74) is 0.300. The third-order valence-electron chi connectivity index (χ3n) is 7.28. The van der Waals surface area contributed by atoms with Gasteiger partial charge in [-0.25, -0.2) is 4.79 Å². The van der Waals surface area contributed by atoms with Gasteiger partial charge in [0.25, 0.3) is 0 Å². The van der Waals surface area contributed by atoms with Gasteiger partial charge in [0.05, 0.1) is 13.2 Å². The second-order valence-electron chi connectivity index (χ2n) is 14.1. The number of aliphatic hydroxyl groups excluding tert-OH is 1. The molecular formula is C37H55N5O8S. The van der Waals surface area contributed by atoms with Crippen LogP contribution in [-0.2, 0) is 36.8 Å². The molecule has 5 N–H and O–H groups in total. The molecule has 0 heterocycles. The minimum absolute atomic E-state index is 0.0338. The summed E-state index contributed by atoms with van der Waals surface area (Å²) < 4.78 is 11.2. The molecular weight excluding hydrogens is 675 g/mol. The van der Waals surface area contributed by atoms with Crippen LogP contribution in [0.4, 0.5) is 4.79 Å². The highest BCUT2D eigenvalue weighted by Crippen LogP contribution is 2.19. The molecule has 0 aromatic heterocycles. The monoisotopic (exact) mass is 729 g/mol. The van der Waals surface area contributed by atoms with Gasteiger partial charge in [0.15, 0.2) is 0 Å². The number of ether oxygens (including phenoxy) is 2. The second kappa shape index (κ2) is 20.5. The summed E-state index contributed by atoms with van der Waals surface area (Å²) in [6, 6.07) is 12.8. The molecule has 14 heteroatoms. The molecule has 0 radical (unpaired) electrons. The zero-order valence-corrected chi connectivity index (χ0v) is 31.9. The average Bonchev–Trinajstić information content (AvgIpc) is 3.05. The molecule has 13 nitrogen and oxygen atoms in total. The Hall–Kier alpha value is -4.30. The minimum atomic E-state index is -1.44. The van der Waals surface area contributed by atoms with E-state index in [2.05, 4.69) is 21.3 Å². The second-order valence-corrected chi connectivity index (χ2v) is 15.1. The Balaban J connectivity index is 2.12. The van der Waals surface area contributed by atoms with Crippen molar-refractivity contribution < 1.29 is 38.6 Å². The van der Waals surface area contributed by atoms with Gasteiger partial charge in [-0.1, -0.05) is 42.5 Å². The Morgan fingerprint density at radius 3 is 1.98 bits per heavy atom. The number of rotatable bonds is 18. The summed E-state index contributed by atoms with van der Waals surface area (Å²) in [6.45, 7) is 10.0. The standard InChI is InChI=1S/C37H55N5O8S/c1-36(2,3)49-27-17-15-26(16-18-27)21-28(41-35(48)50-37(4,5)6)33(46)40-29(24-43)32(45)39-23-31(44)42(7)30(22-25-13-10-9-11-14-25)34(47)38-19-12-20-51-8/h9-11,13-18,28-30,43H,12,19-24H2,1-8H3,(H,38,47)(H,39,45)(H,40,46)(H,41,48)/t28-,29+,30-/m0/s1. The van der Waals surface area contributed by atoms with E-state index in [4.69, 9.17) is 9.47 Å². The van der Waals surface area contributed by atoms with Crippen LogP contribution in [0.2, 0.25) is 0 Å². The van der Waals surface area contributed by atoms with E-state index < -0.39 is 66.3 Å². The van der Waals surface area contributed by atoms with Crippen LogP contribution in [0.15, 0.2) is 54.6 Å². The maximum atomic E-state index is 13.5. The summed E-state index contributed by atoms with van der Waals surface area (Å²) >= 11 is 1.67. The highest BCUT2D eigenvalue weighted by molar-refractivity contribution is 7.98. The third-order valence-corrected chi connectivity index (χ3v) is 7.98. The van der Waals surface area contributed by atoms with Crippen LogP contribution < -0.4 is 26.0 Å². The highest BCUT2D eigenvalue weighted by atomic mass is 32.2. The third kappa shape index (κ3) is 16.5. The van der Waals surface area contributed by atoms with Gasteiger partial charge in [-0.3, -0.25) is 19.2 Å². The Bertz CT molecular complexity index is 1430. The van der Waals surface area contributed by atoms with E-state index in [0.717, 1.165) is 17.7 Å². The number of benzene rings is 2. The number of aliphatic hydroxyl groups is 1. The van der Waals surface area contributed by atoms with E-state index in [1.165, 1.54) is 11.9 Å². The number of alkyl carbamates (subject to hydrolysis) is 1. The summed E-state index contributed by atoms with van der Waals surface area (Å²) in [6.07, 6.45) is 2.22. The number of carbonyl (C=O) groups is 5. The normalized spacial score (nSPS) is 13.2. The van der Waals surface area contributed by atoms with Gasteiger partial charge < -0.3 is 40.7 Å². The molecule has 2 aromatic rings. The van der Waals surface area contributed by atoms with Gasteiger partial charge in [-0.2, -0.15) is 11.8 Å². The molecule has 0 saturated carbocycles. The minimum Gasteiger partial charge on any atom is -0.488 e. The first-order chi connectivity index (χ1) is 23.9. The van der Waals surface area contributed by atoms with Crippen molar-refractivity contribution in [2.75, 3.05) is 38.8 Å². The van der Waals surface area contributed by atoms with Crippen LogP contribution in [0.25, 0.3) is 0 Å². The largest absolute Gasteiger partial charge is 0.488 e. The van der Waals surface area contributed by atoms with Crippen molar-refractivity contribution in [3.05, 3.63) is 65.7 Å². The van der Waals surface area contributed by atoms with E-state index in [0.29, 0.717) is 17.9 Å². The summed E-state index contributed by atoms with van der Waals surface area (Å²) in [5.74, 6) is -0.937. The number of thioether (sulfide) groups is 1. The van der Waals surface area contributed by atoms with Gasteiger partial charge in [-0.05, 0) is 83.2 Å². The summed E-state index contributed by atoms with van der Waals surface area (Å²) in [7, 11) is 1.49. The lowest BCUT2D eigenvalue weighted by molar-refractivity contribution is -0.139. The lowest BCUT2D eigenvalue weighted by Gasteiger charge is -2.28. The smallest absolute Gasteiger partial charge is 0.408 e. The predicted octanol–water partition coefficient (Wildman–Crippen LogP) is 2.83. The molecule has 0 aliphatic carbocycles. The van der Waals surface area contributed by atoms with Crippen LogP contribution in [-0.4, -0.2) is 108 Å². The van der Waals surface area contributed by atoms with Crippen molar-refractivity contribution in [1.29, 1.82) is 0 Å². The number of nitrogens with one attached hydrogen (secondary N) is 4. The molecule has 3 atom stereocenters. The molecule has 51 heavy (non-hydrogen) atoms. The van der Waals surface area contributed by atoms with Crippen molar-refractivity contribution in [2.45, 2.75) is 90.1 Å². The molecule has 0 aliphatic rings.